The molecule has 0 spiro atoms. The molecule has 0 bridgehead atoms. The van der Waals surface area contributed by atoms with Crippen molar-refractivity contribution in [2.45, 2.75) is 6.42 Å². The molecule has 17 heavy (non-hydrogen) atoms. The van der Waals surface area contributed by atoms with Crippen LogP contribution in [0.1, 0.15) is 5.56 Å². The molecule has 0 saturated heterocycles. The number of hydrogen-bond acceptors (Lipinski definition) is 3. The standard InChI is InChI=1S/C11H11IN2O3/c1-17-11-4-8-7(2-3-14(15)16)6-13-10(8)5-9(11)12/h4-6,13H,2-3H2,1H3. The van der Waals surface area contributed by atoms with Crippen molar-refractivity contribution in [3.05, 3.63) is 37.6 Å². The van der Waals surface area contributed by atoms with Crippen LogP contribution in [-0.2, 0) is 6.42 Å². The number of halogens is 1. The third-order valence-electron chi connectivity index (χ3n) is 2.60. The van der Waals surface area contributed by atoms with Gasteiger partial charge in [0.05, 0.1) is 10.7 Å². The Morgan fingerprint density at radius 2 is 2.29 bits per heavy atom. The van der Waals surface area contributed by atoms with Gasteiger partial charge in [-0.05, 0) is 40.3 Å². The molecule has 0 saturated carbocycles. The second-order valence-corrected chi connectivity index (χ2v) is 4.81. The number of benzene rings is 1. The fraction of sp³-hybridized carbons (Fsp3) is 0.273. The Morgan fingerprint density at radius 1 is 1.53 bits per heavy atom. The molecule has 0 aliphatic carbocycles. The summed E-state index contributed by atoms with van der Waals surface area (Å²) in [6.07, 6.45) is 2.25. The summed E-state index contributed by atoms with van der Waals surface area (Å²) in [5.41, 5.74) is 1.93. The number of aromatic amines is 1. The Bertz CT molecular complexity index is 565. The maximum Gasteiger partial charge on any atom is 0.207 e. The molecule has 90 valence electrons. The number of rotatable bonds is 4. The first-order chi connectivity index (χ1) is 8.11. The van der Waals surface area contributed by atoms with Crippen LogP contribution in [0.5, 0.6) is 5.75 Å². The van der Waals surface area contributed by atoms with Gasteiger partial charge in [0.25, 0.3) is 0 Å². The second kappa shape index (κ2) is 4.91. The van der Waals surface area contributed by atoms with E-state index in [2.05, 4.69) is 27.6 Å². The van der Waals surface area contributed by atoms with Crippen LogP contribution in [0.2, 0.25) is 0 Å². The molecule has 0 unspecified atom stereocenters. The molecular weight excluding hydrogens is 335 g/mol. The molecule has 2 aromatic rings. The van der Waals surface area contributed by atoms with Crippen LogP contribution in [0.25, 0.3) is 10.9 Å². The summed E-state index contributed by atoms with van der Waals surface area (Å²) in [5.74, 6) is 0.792. The van der Waals surface area contributed by atoms with E-state index in [0.717, 1.165) is 25.8 Å². The van der Waals surface area contributed by atoms with Crippen LogP contribution in [0, 0.1) is 13.7 Å². The first-order valence-corrected chi connectivity index (χ1v) is 6.15. The lowest BCUT2D eigenvalue weighted by Crippen LogP contribution is -2.03. The summed E-state index contributed by atoms with van der Waals surface area (Å²) in [5, 5.41) is 11.4. The van der Waals surface area contributed by atoms with Gasteiger partial charge in [-0.15, -0.1) is 0 Å². The molecule has 2 rings (SSSR count). The van der Waals surface area contributed by atoms with Crippen molar-refractivity contribution >= 4 is 33.5 Å². The zero-order chi connectivity index (χ0) is 12.4. The highest BCUT2D eigenvalue weighted by atomic mass is 127. The van der Waals surface area contributed by atoms with E-state index in [0.29, 0.717) is 6.42 Å². The number of hydrogen-bond donors (Lipinski definition) is 1. The number of methoxy groups -OCH3 is 1. The fourth-order valence-corrected chi connectivity index (χ4v) is 2.44. The van der Waals surface area contributed by atoms with E-state index in [4.69, 9.17) is 4.74 Å². The Morgan fingerprint density at radius 3 is 2.94 bits per heavy atom. The predicted molar refractivity (Wildman–Crippen MR) is 73.1 cm³/mol. The number of nitrogens with one attached hydrogen (secondary N) is 1. The summed E-state index contributed by atoms with van der Waals surface area (Å²) in [6, 6.07) is 3.90. The lowest BCUT2D eigenvalue weighted by atomic mass is 10.1. The van der Waals surface area contributed by atoms with Crippen molar-refractivity contribution in [1.29, 1.82) is 0 Å². The molecule has 1 aromatic carbocycles. The van der Waals surface area contributed by atoms with Gasteiger partial charge >= 0.3 is 0 Å². The van der Waals surface area contributed by atoms with Crippen LogP contribution in [0.4, 0.5) is 0 Å². The van der Waals surface area contributed by atoms with E-state index >= 15 is 0 Å². The minimum atomic E-state index is -0.303. The number of ether oxygens (including phenoxy) is 1. The first kappa shape index (κ1) is 12.2. The summed E-state index contributed by atoms with van der Waals surface area (Å²) >= 11 is 2.20. The zero-order valence-electron chi connectivity index (χ0n) is 9.20. The quantitative estimate of drug-likeness (QED) is 0.526. The molecule has 0 aliphatic rings. The number of H-pyrrole nitrogens is 1. The Balaban J connectivity index is 2.41. The molecule has 1 heterocycles. The van der Waals surface area contributed by atoms with Crippen molar-refractivity contribution < 1.29 is 9.66 Å². The average molecular weight is 346 g/mol. The van der Waals surface area contributed by atoms with E-state index in [9.17, 15) is 10.1 Å². The molecule has 5 nitrogen and oxygen atoms in total. The summed E-state index contributed by atoms with van der Waals surface area (Å²) in [7, 11) is 1.62. The monoisotopic (exact) mass is 346 g/mol. The van der Waals surface area contributed by atoms with Crippen molar-refractivity contribution in [2.75, 3.05) is 13.7 Å². The highest BCUT2D eigenvalue weighted by molar-refractivity contribution is 14.1. The highest BCUT2D eigenvalue weighted by Crippen LogP contribution is 2.29. The number of aromatic nitrogens is 1. The molecule has 1 aromatic heterocycles. The maximum atomic E-state index is 10.4. The zero-order valence-corrected chi connectivity index (χ0v) is 11.4. The molecular formula is C11H11IN2O3. The van der Waals surface area contributed by atoms with Gasteiger partial charge in [-0.1, -0.05) is 0 Å². The smallest absolute Gasteiger partial charge is 0.207 e. The Hall–Kier alpha value is -1.31. The second-order valence-electron chi connectivity index (χ2n) is 3.65. The molecule has 0 fully saturated rings. The van der Waals surface area contributed by atoms with Gasteiger partial charge in [-0.2, -0.15) is 0 Å². The minimum Gasteiger partial charge on any atom is -0.496 e. The van der Waals surface area contributed by atoms with Gasteiger partial charge in [0.2, 0.25) is 6.54 Å². The predicted octanol–water partition coefficient (Wildman–Crippen LogP) is 2.60. The van der Waals surface area contributed by atoms with Crippen LogP contribution >= 0.6 is 22.6 Å². The molecule has 1 N–H and O–H groups in total. The molecule has 0 atom stereocenters. The van der Waals surface area contributed by atoms with Crippen LogP contribution in [-0.4, -0.2) is 23.6 Å². The summed E-state index contributed by atoms with van der Waals surface area (Å²) in [6.45, 7) is -0.0543. The number of nitrogens with zero attached hydrogens (tertiary/aromatic N) is 1. The van der Waals surface area contributed by atoms with E-state index < -0.39 is 0 Å². The Labute approximate surface area is 111 Å². The minimum absolute atomic E-state index is 0.0543. The lowest BCUT2D eigenvalue weighted by Gasteiger charge is -2.04. The van der Waals surface area contributed by atoms with E-state index in [1.165, 1.54) is 0 Å². The Kier molecular flexibility index (Phi) is 3.51. The van der Waals surface area contributed by atoms with E-state index in [1.807, 2.05) is 18.3 Å². The SMILES string of the molecule is COc1cc2c(CC[N+](=O)[O-])c[nH]c2cc1I. The van der Waals surface area contributed by atoms with E-state index in [-0.39, 0.29) is 11.5 Å². The number of fused-ring (bicyclic) bond motifs is 1. The van der Waals surface area contributed by atoms with Gasteiger partial charge < -0.3 is 9.72 Å². The third-order valence-corrected chi connectivity index (χ3v) is 3.45. The summed E-state index contributed by atoms with van der Waals surface area (Å²) in [4.78, 5) is 13.2. The number of nitro groups is 1. The van der Waals surface area contributed by atoms with Crippen LogP contribution < -0.4 is 4.74 Å². The fourth-order valence-electron chi connectivity index (χ4n) is 1.76. The lowest BCUT2D eigenvalue weighted by molar-refractivity contribution is -0.479. The van der Waals surface area contributed by atoms with Crippen molar-refractivity contribution in [3.8, 4) is 5.75 Å². The van der Waals surface area contributed by atoms with Gasteiger partial charge in [-0.25, -0.2) is 0 Å². The van der Waals surface area contributed by atoms with Gasteiger partial charge in [-0.3, -0.25) is 10.1 Å². The normalized spacial score (nSPS) is 10.7. The third kappa shape index (κ3) is 2.51. The van der Waals surface area contributed by atoms with Crippen molar-refractivity contribution in [3.63, 3.8) is 0 Å². The molecule has 0 amide bonds. The van der Waals surface area contributed by atoms with Crippen molar-refractivity contribution in [2.24, 2.45) is 0 Å². The largest absolute Gasteiger partial charge is 0.496 e. The van der Waals surface area contributed by atoms with Gasteiger partial charge in [0.1, 0.15) is 5.75 Å². The topological polar surface area (TPSA) is 68.2 Å². The average Bonchev–Trinajstić information content (AvgIpc) is 2.67. The highest BCUT2D eigenvalue weighted by Gasteiger charge is 2.10. The summed E-state index contributed by atoms with van der Waals surface area (Å²) < 4.78 is 6.26. The molecule has 6 heteroatoms. The van der Waals surface area contributed by atoms with Crippen molar-refractivity contribution in [1.82, 2.24) is 4.98 Å². The van der Waals surface area contributed by atoms with Gasteiger partial charge in [0, 0.05) is 28.4 Å². The van der Waals surface area contributed by atoms with Crippen LogP contribution in [0.15, 0.2) is 18.3 Å². The van der Waals surface area contributed by atoms with Crippen LogP contribution in [0.3, 0.4) is 0 Å². The molecule has 0 radical (unpaired) electrons. The van der Waals surface area contributed by atoms with Gasteiger partial charge in [0.15, 0.2) is 0 Å². The maximum absolute atomic E-state index is 10.4. The van der Waals surface area contributed by atoms with E-state index in [1.54, 1.807) is 7.11 Å². The molecule has 0 aliphatic heterocycles. The first-order valence-electron chi connectivity index (χ1n) is 5.07.